The molecule has 0 aliphatic carbocycles. The smallest absolute Gasteiger partial charge is 0.269 e. The van der Waals surface area contributed by atoms with E-state index in [0.29, 0.717) is 11.4 Å². The second-order valence-corrected chi connectivity index (χ2v) is 5.81. The number of hydrogen-bond donors (Lipinski definition) is 2. The van der Waals surface area contributed by atoms with Crippen LogP contribution in [0, 0.1) is 10.1 Å². The molecule has 0 radical (unpaired) electrons. The van der Waals surface area contributed by atoms with E-state index in [4.69, 9.17) is 17.0 Å². The van der Waals surface area contributed by atoms with Crippen LogP contribution in [-0.2, 0) is 0 Å². The van der Waals surface area contributed by atoms with Gasteiger partial charge >= 0.3 is 0 Å². The molecule has 0 atom stereocenters. The minimum atomic E-state index is -0.528. The quantitative estimate of drug-likeness (QED) is 0.482. The Bertz CT molecular complexity index is 791. The molecule has 7 nitrogen and oxygen atoms in total. The molecule has 2 rings (SSSR count). The average molecular weight is 359 g/mol. The van der Waals surface area contributed by atoms with Gasteiger partial charge in [-0.05, 0) is 50.3 Å². The molecule has 8 heteroatoms. The van der Waals surface area contributed by atoms with E-state index in [-0.39, 0.29) is 22.5 Å². The maximum atomic E-state index is 12.1. The number of nitrogens with zero attached hydrogens (tertiary/aromatic N) is 1. The van der Waals surface area contributed by atoms with Crippen LogP contribution in [-0.4, -0.2) is 22.0 Å². The van der Waals surface area contributed by atoms with E-state index in [9.17, 15) is 14.9 Å². The molecule has 0 fully saturated rings. The molecule has 0 bridgehead atoms. The Morgan fingerprint density at radius 3 is 2.48 bits per heavy atom. The van der Waals surface area contributed by atoms with E-state index >= 15 is 0 Å². The summed E-state index contributed by atoms with van der Waals surface area (Å²) in [5, 5.41) is 16.2. The van der Waals surface area contributed by atoms with Crippen LogP contribution in [0.25, 0.3) is 0 Å². The van der Waals surface area contributed by atoms with Gasteiger partial charge in [-0.2, -0.15) is 0 Å². The first kappa shape index (κ1) is 18.3. The maximum absolute atomic E-state index is 12.1. The Labute approximate surface area is 150 Å². The molecule has 0 heterocycles. The zero-order valence-electron chi connectivity index (χ0n) is 13.7. The van der Waals surface area contributed by atoms with Crippen LogP contribution in [0.5, 0.6) is 5.75 Å². The van der Waals surface area contributed by atoms with Gasteiger partial charge in [0, 0.05) is 29.4 Å². The van der Waals surface area contributed by atoms with Crippen molar-refractivity contribution in [2.45, 2.75) is 20.0 Å². The lowest BCUT2D eigenvalue weighted by Crippen LogP contribution is -2.34. The topological polar surface area (TPSA) is 93.5 Å². The third kappa shape index (κ3) is 5.54. The number of thiocarbonyl (C=S) groups is 1. The Kier molecular flexibility index (Phi) is 6.02. The van der Waals surface area contributed by atoms with E-state index in [0.717, 1.165) is 0 Å². The predicted molar refractivity (Wildman–Crippen MR) is 99.0 cm³/mol. The number of nitro groups is 1. The molecule has 0 aromatic heterocycles. The number of anilines is 1. The van der Waals surface area contributed by atoms with Crippen molar-refractivity contribution in [3.63, 3.8) is 0 Å². The Morgan fingerprint density at radius 1 is 1.20 bits per heavy atom. The third-order valence-corrected chi connectivity index (χ3v) is 3.24. The average Bonchev–Trinajstić information content (AvgIpc) is 2.54. The lowest BCUT2D eigenvalue weighted by Gasteiger charge is -2.13. The predicted octanol–water partition coefficient (Wildman–Crippen LogP) is 3.51. The fourth-order valence-electron chi connectivity index (χ4n) is 1.99. The van der Waals surface area contributed by atoms with Crippen LogP contribution >= 0.6 is 12.2 Å². The molecule has 1 amide bonds. The summed E-state index contributed by atoms with van der Waals surface area (Å²) in [5.74, 6) is 0.228. The zero-order valence-corrected chi connectivity index (χ0v) is 14.5. The molecule has 0 aliphatic rings. The zero-order chi connectivity index (χ0) is 18.4. The summed E-state index contributed by atoms with van der Waals surface area (Å²) in [6, 6.07) is 12.4. The standard InChI is InChI=1S/C17H17N3O4S/c1-11(2)24-15-5-3-4-13(10-15)18-17(25)19-16(21)12-6-8-14(9-7-12)20(22)23/h3-11H,1-2H3,(H2,18,19,21,25). The van der Waals surface area contributed by atoms with Crippen LogP contribution in [0.15, 0.2) is 48.5 Å². The number of nitrogens with one attached hydrogen (secondary N) is 2. The van der Waals surface area contributed by atoms with Crippen molar-refractivity contribution >= 4 is 34.6 Å². The van der Waals surface area contributed by atoms with E-state index in [1.807, 2.05) is 19.9 Å². The first-order valence-corrected chi connectivity index (χ1v) is 7.89. The highest BCUT2D eigenvalue weighted by molar-refractivity contribution is 7.80. The highest BCUT2D eigenvalue weighted by Gasteiger charge is 2.11. The number of benzene rings is 2. The molecule has 0 spiro atoms. The molecule has 25 heavy (non-hydrogen) atoms. The number of rotatable bonds is 5. The minimum Gasteiger partial charge on any atom is -0.491 e. The van der Waals surface area contributed by atoms with Crippen molar-refractivity contribution in [1.82, 2.24) is 5.32 Å². The van der Waals surface area contributed by atoms with Gasteiger partial charge in [-0.3, -0.25) is 20.2 Å². The van der Waals surface area contributed by atoms with Gasteiger partial charge in [0.1, 0.15) is 5.75 Å². The lowest BCUT2D eigenvalue weighted by molar-refractivity contribution is -0.384. The third-order valence-electron chi connectivity index (χ3n) is 3.03. The SMILES string of the molecule is CC(C)Oc1cccc(NC(=S)NC(=O)c2ccc([N+](=O)[O-])cc2)c1. The maximum Gasteiger partial charge on any atom is 0.269 e. The molecule has 0 unspecified atom stereocenters. The molecular formula is C17H17N3O4S. The van der Waals surface area contributed by atoms with E-state index in [1.54, 1.807) is 18.2 Å². The first-order valence-electron chi connectivity index (χ1n) is 7.48. The van der Waals surface area contributed by atoms with Crippen molar-refractivity contribution in [2.75, 3.05) is 5.32 Å². The molecule has 0 aliphatic heterocycles. The minimum absolute atomic E-state index is 0.0454. The Balaban J connectivity index is 1.97. The van der Waals surface area contributed by atoms with Gasteiger partial charge in [-0.15, -0.1) is 0 Å². The summed E-state index contributed by atoms with van der Waals surface area (Å²) in [6.07, 6.45) is 0.0454. The van der Waals surface area contributed by atoms with Gasteiger partial charge in [0.05, 0.1) is 11.0 Å². The molecule has 0 saturated carbocycles. The summed E-state index contributed by atoms with van der Waals surface area (Å²) in [5.41, 5.74) is 0.859. The van der Waals surface area contributed by atoms with Crippen molar-refractivity contribution < 1.29 is 14.5 Å². The number of ether oxygens (including phenoxy) is 1. The van der Waals surface area contributed by atoms with Crippen molar-refractivity contribution in [3.05, 3.63) is 64.2 Å². The van der Waals surface area contributed by atoms with E-state index in [2.05, 4.69) is 10.6 Å². The molecule has 130 valence electrons. The normalized spacial score (nSPS) is 10.2. The fourth-order valence-corrected chi connectivity index (χ4v) is 2.20. The van der Waals surface area contributed by atoms with Crippen LogP contribution in [0.4, 0.5) is 11.4 Å². The van der Waals surface area contributed by atoms with Crippen LogP contribution < -0.4 is 15.4 Å². The van der Waals surface area contributed by atoms with Crippen molar-refractivity contribution in [2.24, 2.45) is 0 Å². The van der Waals surface area contributed by atoms with Crippen molar-refractivity contribution in [3.8, 4) is 5.75 Å². The van der Waals surface area contributed by atoms with Crippen LogP contribution in [0.3, 0.4) is 0 Å². The van der Waals surface area contributed by atoms with Crippen molar-refractivity contribution in [1.29, 1.82) is 0 Å². The molecule has 2 aromatic carbocycles. The number of amides is 1. The fraction of sp³-hybridized carbons (Fsp3) is 0.176. The van der Waals surface area contributed by atoms with Crippen LogP contribution in [0.1, 0.15) is 24.2 Å². The van der Waals surface area contributed by atoms with E-state index < -0.39 is 10.8 Å². The largest absolute Gasteiger partial charge is 0.491 e. The highest BCUT2D eigenvalue weighted by atomic mass is 32.1. The second-order valence-electron chi connectivity index (χ2n) is 5.41. The lowest BCUT2D eigenvalue weighted by atomic mass is 10.2. The van der Waals surface area contributed by atoms with Gasteiger partial charge in [-0.1, -0.05) is 6.07 Å². The summed E-state index contributed by atoms with van der Waals surface area (Å²) >= 11 is 5.12. The summed E-state index contributed by atoms with van der Waals surface area (Å²) < 4.78 is 5.59. The number of carbonyl (C=O) groups is 1. The molecular weight excluding hydrogens is 342 g/mol. The van der Waals surface area contributed by atoms with Gasteiger partial charge < -0.3 is 10.1 Å². The highest BCUT2D eigenvalue weighted by Crippen LogP contribution is 2.18. The molecule has 2 aromatic rings. The first-order chi connectivity index (χ1) is 11.8. The van der Waals surface area contributed by atoms with Gasteiger partial charge in [0.15, 0.2) is 5.11 Å². The number of non-ortho nitro benzene ring substituents is 1. The number of nitro benzene ring substituents is 1. The Morgan fingerprint density at radius 2 is 1.88 bits per heavy atom. The van der Waals surface area contributed by atoms with Gasteiger partial charge in [-0.25, -0.2) is 0 Å². The molecule has 0 saturated heterocycles. The van der Waals surface area contributed by atoms with Crippen LogP contribution in [0.2, 0.25) is 0 Å². The molecule has 2 N–H and O–H groups in total. The second kappa shape index (κ2) is 8.20. The van der Waals surface area contributed by atoms with Gasteiger partial charge in [0.2, 0.25) is 0 Å². The number of carbonyl (C=O) groups excluding carboxylic acids is 1. The monoisotopic (exact) mass is 359 g/mol. The Hall–Kier alpha value is -3.00. The summed E-state index contributed by atoms with van der Waals surface area (Å²) in [4.78, 5) is 22.2. The van der Waals surface area contributed by atoms with Gasteiger partial charge in [0.25, 0.3) is 11.6 Å². The summed E-state index contributed by atoms with van der Waals surface area (Å²) in [6.45, 7) is 3.85. The number of hydrogen-bond acceptors (Lipinski definition) is 5. The summed E-state index contributed by atoms with van der Waals surface area (Å²) in [7, 11) is 0. The van der Waals surface area contributed by atoms with E-state index in [1.165, 1.54) is 24.3 Å².